The Balaban J connectivity index is 0.00000220. The highest BCUT2D eigenvalue weighted by Crippen LogP contribution is 2.18. The lowest BCUT2D eigenvalue weighted by atomic mass is 10.1. The van der Waals surface area contributed by atoms with E-state index in [9.17, 15) is 13.6 Å². The Morgan fingerprint density at radius 1 is 1.43 bits per heavy atom. The van der Waals surface area contributed by atoms with Crippen molar-refractivity contribution >= 4 is 18.3 Å². The van der Waals surface area contributed by atoms with E-state index in [-0.39, 0.29) is 42.8 Å². The van der Waals surface area contributed by atoms with Crippen molar-refractivity contribution in [2.45, 2.75) is 25.9 Å². The highest BCUT2D eigenvalue weighted by atomic mass is 35.5. The monoisotopic (exact) mass is 320 g/mol. The molecule has 0 saturated carbocycles. The number of ether oxygens (including phenoxy) is 1. The normalized spacial score (nSPS) is 21.6. The zero-order valence-corrected chi connectivity index (χ0v) is 12.8. The van der Waals surface area contributed by atoms with Crippen LogP contribution in [-0.4, -0.2) is 42.6 Å². The van der Waals surface area contributed by atoms with Crippen LogP contribution in [0.25, 0.3) is 0 Å². The minimum absolute atomic E-state index is 0. The molecule has 118 valence electrons. The summed E-state index contributed by atoms with van der Waals surface area (Å²) in [5, 5.41) is 3.27. The van der Waals surface area contributed by atoms with Gasteiger partial charge in [0.2, 0.25) is 0 Å². The van der Waals surface area contributed by atoms with Gasteiger partial charge in [-0.05, 0) is 26.0 Å². The van der Waals surface area contributed by atoms with Gasteiger partial charge in [-0.25, -0.2) is 8.78 Å². The van der Waals surface area contributed by atoms with Gasteiger partial charge in [0.05, 0.1) is 0 Å². The molecular formula is C14H19ClF2N2O2. The van der Waals surface area contributed by atoms with Crippen molar-refractivity contribution in [1.82, 2.24) is 10.2 Å². The zero-order valence-electron chi connectivity index (χ0n) is 11.9. The molecule has 21 heavy (non-hydrogen) atoms. The molecule has 2 unspecified atom stereocenters. The molecule has 0 spiro atoms. The molecule has 1 heterocycles. The van der Waals surface area contributed by atoms with Crippen LogP contribution in [-0.2, 0) is 4.79 Å². The number of benzene rings is 1. The summed E-state index contributed by atoms with van der Waals surface area (Å²) in [7, 11) is 0. The van der Waals surface area contributed by atoms with Crippen LogP contribution in [0.15, 0.2) is 18.2 Å². The molecule has 7 heteroatoms. The number of nitrogens with zero attached hydrogens (tertiary/aromatic N) is 1. The largest absolute Gasteiger partial charge is 0.481 e. The van der Waals surface area contributed by atoms with E-state index in [4.69, 9.17) is 4.74 Å². The predicted octanol–water partition coefficient (Wildman–Crippen LogP) is 1.97. The van der Waals surface area contributed by atoms with Crippen LogP contribution in [0.2, 0.25) is 0 Å². The fraction of sp³-hybridized carbons (Fsp3) is 0.500. The second-order valence-electron chi connectivity index (χ2n) is 4.93. The lowest BCUT2D eigenvalue weighted by Gasteiger charge is -2.38. The summed E-state index contributed by atoms with van der Waals surface area (Å²) in [5.41, 5.74) is 0. The fourth-order valence-electron chi connectivity index (χ4n) is 2.22. The molecule has 1 saturated heterocycles. The second-order valence-corrected chi connectivity index (χ2v) is 4.93. The summed E-state index contributed by atoms with van der Waals surface area (Å²) in [5.74, 6) is -1.80. The summed E-state index contributed by atoms with van der Waals surface area (Å²) in [6.45, 7) is 5.03. The molecule has 1 N–H and O–H groups in total. The number of hydrogen-bond donors (Lipinski definition) is 1. The molecule has 1 amide bonds. The lowest BCUT2D eigenvalue weighted by molar-refractivity contribution is -0.137. The predicted molar refractivity (Wildman–Crippen MR) is 77.7 cm³/mol. The fourth-order valence-corrected chi connectivity index (χ4v) is 2.22. The van der Waals surface area contributed by atoms with Crippen LogP contribution in [0.4, 0.5) is 8.78 Å². The number of halogens is 3. The van der Waals surface area contributed by atoms with E-state index in [1.165, 1.54) is 6.07 Å². The molecule has 1 aliphatic rings. The first-order valence-electron chi connectivity index (χ1n) is 6.59. The number of rotatable bonds is 3. The van der Waals surface area contributed by atoms with Crippen molar-refractivity contribution in [2.24, 2.45) is 0 Å². The van der Waals surface area contributed by atoms with E-state index < -0.39 is 11.6 Å². The van der Waals surface area contributed by atoms with Gasteiger partial charge < -0.3 is 15.0 Å². The summed E-state index contributed by atoms with van der Waals surface area (Å²) in [4.78, 5) is 13.8. The number of carbonyl (C=O) groups excluding carboxylic acids is 1. The summed E-state index contributed by atoms with van der Waals surface area (Å²) >= 11 is 0. The van der Waals surface area contributed by atoms with Crippen molar-refractivity contribution in [3.05, 3.63) is 29.8 Å². The number of hydrogen-bond acceptors (Lipinski definition) is 3. The molecule has 0 radical (unpaired) electrons. The Hall–Kier alpha value is -1.40. The Bertz CT molecular complexity index is 502. The number of piperazine rings is 1. The van der Waals surface area contributed by atoms with Gasteiger partial charge in [-0.3, -0.25) is 4.79 Å². The van der Waals surface area contributed by atoms with Crippen LogP contribution < -0.4 is 10.1 Å². The topological polar surface area (TPSA) is 41.6 Å². The maximum absolute atomic E-state index is 13.4. The van der Waals surface area contributed by atoms with Gasteiger partial charge in [0.15, 0.2) is 18.2 Å². The Kier molecular flexibility index (Phi) is 6.36. The van der Waals surface area contributed by atoms with Crippen molar-refractivity contribution in [3.63, 3.8) is 0 Å². The first kappa shape index (κ1) is 17.7. The third-order valence-corrected chi connectivity index (χ3v) is 3.60. The highest BCUT2D eigenvalue weighted by Gasteiger charge is 2.28. The number of amides is 1. The van der Waals surface area contributed by atoms with E-state index >= 15 is 0 Å². The van der Waals surface area contributed by atoms with E-state index in [1.807, 2.05) is 13.8 Å². The lowest BCUT2D eigenvalue weighted by Crippen LogP contribution is -2.58. The molecule has 1 aromatic rings. The summed E-state index contributed by atoms with van der Waals surface area (Å²) in [6.07, 6.45) is 0. The van der Waals surface area contributed by atoms with Gasteiger partial charge in [-0.15, -0.1) is 12.4 Å². The molecule has 1 fully saturated rings. The molecule has 0 bridgehead atoms. The van der Waals surface area contributed by atoms with Crippen LogP contribution in [0, 0.1) is 11.6 Å². The minimum Gasteiger partial charge on any atom is -0.481 e. The standard InChI is InChI=1S/C14H18F2N2O2.ClH/c1-9-10(2)18(6-5-17-9)14(19)8-20-13-4-3-11(15)7-12(13)16;/h3-4,7,9-10,17H,5-6,8H2,1-2H3;1H. The summed E-state index contributed by atoms with van der Waals surface area (Å²) < 4.78 is 31.3. The minimum atomic E-state index is -0.806. The van der Waals surface area contributed by atoms with Crippen LogP contribution in [0.3, 0.4) is 0 Å². The van der Waals surface area contributed by atoms with Crippen molar-refractivity contribution in [1.29, 1.82) is 0 Å². The molecule has 2 rings (SSSR count). The molecule has 4 nitrogen and oxygen atoms in total. The van der Waals surface area contributed by atoms with Crippen molar-refractivity contribution in [2.75, 3.05) is 19.7 Å². The zero-order chi connectivity index (χ0) is 14.7. The van der Waals surface area contributed by atoms with Gasteiger partial charge in [0, 0.05) is 31.2 Å². The average molecular weight is 321 g/mol. The van der Waals surface area contributed by atoms with Crippen LogP contribution in [0.5, 0.6) is 5.75 Å². The second kappa shape index (κ2) is 7.56. The molecule has 1 aromatic carbocycles. The Morgan fingerprint density at radius 3 is 2.81 bits per heavy atom. The van der Waals surface area contributed by atoms with E-state index in [2.05, 4.69) is 5.32 Å². The van der Waals surface area contributed by atoms with Crippen LogP contribution >= 0.6 is 12.4 Å². The van der Waals surface area contributed by atoms with E-state index in [1.54, 1.807) is 4.90 Å². The van der Waals surface area contributed by atoms with E-state index in [0.717, 1.165) is 18.7 Å². The molecular weight excluding hydrogens is 302 g/mol. The molecule has 0 aromatic heterocycles. The van der Waals surface area contributed by atoms with Crippen LogP contribution in [0.1, 0.15) is 13.8 Å². The van der Waals surface area contributed by atoms with Gasteiger partial charge >= 0.3 is 0 Å². The maximum atomic E-state index is 13.4. The molecule has 2 atom stereocenters. The van der Waals surface area contributed by atoms with Gasteiger partial charge in [-0.1, -0.05) is 0 Å². The molecule has 0 aliphatic carbocycles. The van der Waals surface area contributed by atoms with Gasteiger partial charge in [-0.2, -0.15) is 0 Å². The van der Waals surface area contributed by atoms with Crippen molar-refractivity contribution in [3.8, 4) is 5.75 Å². The first-order valence-corrected chi connectivity index (χ1v) is 6.59. The first-order chi connectivity index (χ1) is 9.49. The number of carbonyl (C=O) groups is 1. The Morgan fingerprint density at radius 2 is 2.14 bits per heavy atom. The van der Waals surface area contributed by atoms with Gasteiger partial charge in [0.25, 0.3) is 5.91 Å². The maximum Gasteiger partial charge on any atom is 0.260 e. The Labute approximate surface area is 128 Å². The SMILES string of the molecule is CC1NCCN(C(=O)COc2ccc(F)cc2F)C1C.Cl. The third kappa shape index (κ3) is 4.28. The number of nitrogens with one attached hydrogen (secondary N) is 1. The third-order valence-electron chi connectivity index (χ3n) is 3.60. The quantitative estimate of drug-likeness (QED) is 0.926. The summed E-state index contributed by atoms with van der Waals surface area (Å²) in [6, 6.07) is 3.27. The van der Waals surface area contributed by atoms with Crippen molar-refractivity contribution < 1.29 is 18.3 Å². The smallest absolute Gasteiger partial charge is 0.260 e. The molecule has 1 aliphatic heterocycles. The average Bonchev–Trinajstić information content (AvgIpc) is 2.40. The highest BCUT2D eigenvalue weighted by molar-refractivity contribution is 5.85. The van der Waals surface area contributed by atoms with Gasteiger partial charge in [0.1, 0.15) is 5.82 Å². The van der Waals surface area contributed by atoms with E-state index in [0.29, 0.717) is 6.54 Å².